The highest BCUT2D eigenvalue weighted by molar-refractivity contribution is 5.71. The Morgan fingerprint density at radius 2 is 2.10 bits per heavy atom. The topological polar surface area (TPSA) is 60.8 Å². The molecule has 0 aromatic rings. The van der Waals surface area contributed by atoms with E-state index in [2.05, 4.69) is 0 Å². The quantitative estimate of drug-likeness (QED) is 0.556. The van der Waals surface area contributed by atoms with Crippen molar-refractivity contribution < 1.29 is 15.0 Å². The minimum Gasteiger partial charge on any atom is -0.479 e. The van der Waals surface area contributed by atoms with Crippen molar-refractivity contribution in [1.82, 2.24) is 4.90 Å². The van der Waals surface area contributed by atoms with Crippen LogP contribution in [-0.2, 0) is 4.79 Å². The Kier molecular flexibility index (Phi) is 3.99. The van der Waals surface area contributed by atoms with Crippen molar-refractivity contribution in [2.45, 2.75) is 12.5 Å². The van der Waals surface area contributed by atoms with E-state index in [-0.39, 0.29) is 6.42 Å². The van der Waals surface area contributed by atoms with Crippen LogP contribution in [0.2, 0.25) is 0 Å². The molecule has 0 saturated heterocycles. The van der Waals surface area contributed by atoms with E-state index >= 15 is 0 Å². The Morgan fingerprint density at radius 3 is 2.40 bits per heavy atom. The SMILES string of the molecule is CN(C)CC[C@H](O)C(=O)O. The van der Waals surface area contributed by atoms with E-state index in [0.29, 0.717) is 6.54 Å². The lowest BCUT2D eigenvalue weighted by Gasteiger charge is -2.10. The van der Waals surface area contributed by atoms with E-state index in [4.69, 9.17) is 10.2 Å². The zero-order valence-corrected chi connectivity index (χ0v) is 6.24. The first-order valence-electron chi connectivity index (χ1n) is 3.09. The van der Waals surface area contributed by atoms with Gasteiger partial charge in [-0.3, -0.25) is 0 Å². The van der Waals surface area contributed by atoms with Gasteiger partial charge in [0.05, 0.1) is 0 Å². The molecule has 0 aliphatic rings. The van der Waals surface area contributed by atoms with Gasteiger partial charge < -0.3 is 15.1 Å². The third-order valence-corrected chi connectivity index (χ3v) is 1.13. The first-order chi connectivity index (χ1) is 4.54. The summed E-state index contributed by atoms with van der Waals surface area (Å²) in [5.74, 6) is -1.15. The van der Waals surface area contributed by atoms with Gasteiger partial charge in [0, 0.05) is 6.54 Å². The molecule has 1 atom stereocenters. The van der Waals surface area contributed by atoms with Crippen LogP contribution in [0.15, 0.2) is 0 Å². The molecule has 10 heavy (non-hydrogen) atoms. The van der Waals surface area contributed by atoms with Crippen LogP contribution in [0.25, 0.3) is 0 Å². The van der Waals surface area contributed by atoms with Gasteiger partial charge in [-0.2, -0.15) is 0 Å². The van der Waals surface area contributed by atoms with Gasteiger partial charge >= 0.3 is 5.97 Å². The zero-order valence-electron chi connectivity index (χ0n) is 6.24. The number of carboxylic acid groups (broad SMARTS) is 1. The van der Waals surface area contributed by atoms with Crippen molar-refractivity contribution in [2.24, 2.45) is 0 Å². The molecule has 0 saturated carbocycles. The number of hydrogen-bond donors (Lipinski definition) is 2. The molecule has 0 aromatic carbocycles. The Labute approximate surface area is 60.1 Å². The first-order valence-corrected chi connectivity index (χ1v) is 3.09. The minimum absolute atomic E-state index is 0.280. The van der Waals surface area contributed by atoms with Crippen LogP contribution in [0, 0.1) is 0 Å². The molecule has 0 heterocycles. The van der Waals surface area contributed by atoms with Crippen LogP contribution in [0.4, 0.5) is 0 Å². The van der Waals surface area contributed by atoms with Crippen molar-refractivity contribution in [3.05, 3.63) is 0 Å². The number of aliphatic carboxylic acids is 1. The van der Waals surface area contributed by atoms with Crippen LogP contribution in [0.5, 0.6) is 0 Å². The summed E-state index contributed by atoms with van der Waals surface area (Å²) < 4.78 is 0. The summed E-state index contributed by atoms with van der Waals surface area (Å²) >= 11 is 0. The zero-order chi connectivity index (χ0) is 8.15. The summed E-state index contributed by atoms with van der Waals surface area (Å²) in [6.07, 6.45) is -0.940. The minimum atomic E-state index is -1.22. The fourth-order valence-electron chi connectivity index (χ4n) is 0.504. The van der Waals surface area contributed by atoms with E-state index in [9.17, 15) is 4.79 Å². The van der Waals surface area contributed by atoms with Gasteiger partial charge in [-0.05, 0) is 20.5 Å². The molecule has 4 heteroatoms. The monoisotopic (exact) mass is 147 g/mol. The van der Waals surface area contributed by atoms with Gasteiger partial charge in [0.2, 0.25) is 0 Å². The molecule has 2 N–H and O–H groups in total. The third-order valence-electron chi connectivity index (χ3n) is 1.13. The second kappa shape index (κ2) is 4.24. The van der Waals surface area contributed by atoms with Crippen LogP contribution >= 0.6 is 0 Å². The second-order valence-electron chi connectivity index (χ2n) is 2.45. The Balaban J connectivity index is 3.40. The molecule has 0 fully saturated rings. The lowest BCUT2D eigenvalue weighted by atomic mass is 10.2. The molecule has 4 nitrogen and oxygen atoms in total. The van der Waals surface area contributed by atoms with E-state index in [1.54, 1.807) is 0 Å². The summed E-state index contributed by atoms with van der Waals surface area (Å²) in [6, 6.07) is 0. The maximum absolute atomic E-state index is 10.0. The highest BCUT2D eigenvalue weighted by Gasteiger charge is 2.11. The number of carboxylic acids is 1. The number of hydrogen-bond acceptors (Lipinski definition) is 3. The predicted octanol–water partition coefficient (Wildman–Crippen LogP) is -0.616. The van der Waals surface area contributed by atoms with Crippen molar-refractivity contribution in [3.63, 3.8) is 0 Å². The molecular formula is C6H13NO3. The van der Waals surface area contributed by atoms with Crippen molar-refractivity contribution in [3.8, 4) is 0 Å². The summed E-state index contributed by atoms with van der Waals surface area (Å²) in [7, 11) is 3.66. The third kappa shape index (κ3) is 4.29. The largest absolute Gasteiger partial charge is 0.479 e. The number of aliphatic hydroxyl groups excluding tert-OH is 1. The number of aliphatic hydroxyl groups is 1. The molecule has 0 aliphatic carbocycles. The molecule has 0 rings (SSSR count). The van der Waals surface area contributed by atoms with Crippen LogP contribution in [0.1, 0.15) is 6.42 Å². The Bertz CT molecular complexity index is 114. The van der Waals surface area contributed by atoms with Gasteiger partial charge in [-0.25, -0.2) is 4.79 Å². The average molecular weight is 147 g/mol. The molecule has 0 spiro atoms. The molecular weight excluding hydrogens is 134 g/mol. The fourth-order valence-corrected chi connectivity index (χ4v) is 0.504. The maximum Gasteiger partial charge on any atom is 0.332 e. The van der Waals surface area contributed by atoms with Crippen molar-refractivity contribution in [2.75, 3.05) is 20.6 Å². The standard InChI is InChI=1S/C6H13NO3/c1-7(2)4-3-5(8)6(9)10/h5,8H,3-4H2,1-2H3,(H,9,10)/t5-/m0/s1. The first kappa shape index (κ1) is 9.39. The van der Waals surface area contributed by atoms with Gasteiger partial charge in [0.1, 0.15) is 0 Å². The van der Waals surface area contributed by atoms with Crippen molar-refractivity contribution in [1.29, 1.82) is 0 Å². The van der Waals surface area contributed by atoms with Gasteiger partial charge in [-0.1, -0.05) is 0 Å². The van der Waals surface area contributed by atoms with E-state index in [1.807, 2.05) is 19.0 Å². The Morgan fingerprint density at radius 1 is 1.60 bits per heavy atom. The predicted molar refractivity (Wildman–Crippen MR) is 36.8 cm³/mol. The van der Waals surface area contributed by atoms with Gasteiger partial charge in [0.15, 0.2) is 6.10 Å². The van der Waals surface area contributed by atoms with Crippen LogP contribution < -0.4 is 0 Å². The fraction of sp³-hybridized carbons (Fsp3) is 0.833. The number of carbonyl (C=O) groups is 1. The van der Waals surface area contributed by atoms with E-state index in [1.165, 1.54) is 0 Å². The highest BCUT2D eigenvalue weighted by atomic mass is 16.4. The smallest absolute Gasteiger partial charge is 0.332 e. The van der Waals surface area contributed by atoms with Crippen LogP contribution in [0.3, 0.4) is 0 Å². The molecule has 0 bridgehead atoms. The summed E-state index contributed by atoms with van der Waals surface area (Å²) in [5.41, 5.74) is 0. The van der Waals surface area contributed by atoms with Crippen molar-refractivity contribution >= 4 is 5.97 Å². The van der Waals surface area contributed by atoms with Gasteiger partial charge in [-0.15, -0.1) is 0 Å². The maximum atomic E-state index is 10.0. The van der Waals surface area contributed by atoms with Gasteiger partial charge in [0.25, 0.3) is 0 Å². The Hall–Kier alpha value is -0.610. The lowest BCUT2D eigenvalue weighted by Crippen LogP contribution is -2.25. The number of nitrogens with zero attached hydrogens (tertiary/aromatic N) is 1. The molecule has 0 aliphatic heterocycles. The summed E-state index contributed by atoms with van der Waals surface area (Å²) in [6.45, 7) is 0.591. The molecule has 60 valence electrons. The molecule has 0 aromatic heterocycles. The van der Waals surface area contributed by atoms with Crippen LogP contribution in [-0.4, -0.2) is 47.8 Å². The lowest BCUT2D eigenvalue weighted by molar-refractivity contribution is -0.147. The molecule has 0 radical (unpaired) electrons. The highest BCUT2D eigenvalue weighted by Crippen LogP contribution is 1.91. The van der Waals surface area contributed by atoms with E-state index < -0.39 is 12.1 Å². The average Bonchev–Trinajstić information content (AvgIpc) is 1.82. The summed E-state index contributed by atoms with van der Waals surface area (Å²) in [5, 5.41) is 17.0. The summed E-state index contributed by atoms with van der Waals surface area (Å²) in [4.78, 5) is 11.9. The van der Waals surface area contributed by atoms with E-state index in [0.717, 1.165) is 0 Å². The normalized spacial score (nSPS) is 13.6. The number of rotatable bonds is 4. The second-order valence-corrected chi connectivity index (χ2v) is 2.45. The molecule has 0 unspecified atom stereocenters. The molecule has 0 amide bonds.